The minimum atomic E-state index is -4.04. The third kappa shape index (κ3) is 6.59. The van der Waals surface area contributed by atoms with Gasteiger partial charge in [-0.1, -0.05) is 24.3 Å². The Kier molecular flexibility index (Phi) is 9.00. The van der Waals surface area contributed by atoms with E-state index in [9.17, 15) is 13.2 Å². The Hall–Kier alpha value is -3.17. The molecular weight excluding hydrogens is 506 g/mol. The van der Waals surface area contributed by atoms with Crippen LogP contribution in [0, 0.1) is 0 Å². The van der Waals surface area contributed by atoms with Gasteiger partial charge in [0.15, 0.2) is 0 Å². The molecule has 0 saturated carbocycles. The molecule has 3 aromatic rings. The van der Waals surface area contributed by atoms with E-state index in [2.05, 4.69) is 22.3 Å². The van der Waals surface area contributed by atoms with Crippen LogP contribution in [0.3, 0.4) is 0 Å². The van der Waals surface area contributed by atoms with Crippen molar-refractivity contribution in [2.75, 3.05) is 41.7 Å². The number of nitrogens with zero attached hydrogens (tertiary/aromatic N) is 2. The molecule has 1 amide bonds. The summed E-state index contributed by atoms with van der Waals surface area (Å²) in [4.78, 5) is 16.5. The predicted molar refractivity (Wildman–Crippen MR) is 150 cm³/mol. The minimum absolute atomic E-state index is 0.113. The lowest BCUT2D eigenvalue weighted by Crippen LogP contribution is -2.40. The SMILES string of the molecule is CCOc1ccccc1N(CC(=O)NCc1ccc(N2CCCC2)cc1)S(=O)(=O)c1ccc(SC)cc1. The van der Waals surface area contributed by atoms with E-state index in [1.807, 2.05) is 25.3 Å². The zero-order valence-electron chi connectivity index (χ0n) is 21.2. The van der Waals surface area contributed by atoms with E-state index in [1.54, 1.807) is 48.5 Å². The van der Waals surface area contributed by atoms with Crippen molar-refractivity contribution < 1.29 is 17.9 Å². The van der Waals surface area contributed by atoms with Crippen molar-refractivity contribution in [3.8, 4) is 5.75 Å². The molecule has 37 heavy (non-hydrogen) atoms. The topological polar surface area (TPSA) is 79.0 Å². The molecule has 0 unspecified atom stereocenters. The average molecular weight is 540 g/mol. The molecule has 0 aromatic heterocycles. The Morgan fingerprint density at radius 3 is 2.32 bits per heavy atom. The first-order chi connectivity index (χ1) is 17.9. The second-order valence-electron chi connectivity index (χ2n) is 8.73. The number of sulfonamides is 1. The molecule has 1 aliphatic rings. The number of amides is 1. The van der Waals surface area contributed by atoms with Gasteiger partial charge < -0.3 is 15.0 Å². The molecule has 0 bridgehead atoms. The summed E-state index contributed by atoms with van der Waals surface area (Å²) in [6.07, 6.45) is 4.36. The van der Waals surface area contributed by atoms with Crippen molar-refractivity contribution in [1.82, 2.24) is 5.32 Å². The fourth-order valence-corrected chi connectivity index (χ4v) is 6.14. The quantitative estimate of drug-likeness (QED) is 0.349. The van der Waals surface area contributed by atoms with Gasteiger partial charge in [0.1, 0.15) is 12.3 Å². The molecule has 196 valence electrons. The van der Waals surface area contributed by atoms with Crippen molar-refractivity contribution >= 4 is 39.1 Å². The number of nitrogens with one attached hydrogen (secondary N) is 1. The van der Waals surface area contributed by atoms with Crippen LogP contribution in [0.5, 0.6) is 5.75 Å². The van der Waals surface area contributed by atoms with Crippen LogP contribution in [-0.2, 0) is 21.4 Å². The van der Waals surface area contributed by atoms with Gasteiger partial charge in [-0.25, -0.2) is 8.42 Å². The molecule has 4 rings (SSSR count). The van der Waals surface area contributed by atoms with Gasteiger partial charge in [-0.2, -0.15) is 0 Å². The van der Waals surface area contributed by atoms with Crippen molar-refractivity contribution in [1.29, 1.82) is 0 Å². The Morgan fingerprint density at radius 2 is 1.68 bits per heavy atom. The molecule has 0 aliphatic carbocycles. The highest BCUT2D eigenvalue weighted by atomic mass is 32.2. The number of hydrogen-bond donors (Lipinski definition) is 1. The van der Waals surface area contributed by atoms with Crippen molar-refractivity contribution in [2.24, 2.45) is 0 Å². The van der Waals surface area contributed by atoms with E-state index in [-0.39, 0.29) is 11.4 Å². The van der Waals surface area contributed by atoms with Crippen LogP contribution < -0.4 is 19.3 Å². The largest absolute Gasteiger partial charge is 0.492 e. The summed E-state index contributed by atoms with van der Waals surface area (Å²) in [6.45, 7) is 4.28. The highest BCUT2D eigenvalue weighted by Gasteiger charge is 2.29. The number of para-hydroxylation sites is 2. The van der Waals surface area contributed by atoms with E-state index < -0.39 is 15.9 Å². The van der Waals surface area contributed by atoms with Crippen molar-refractivity contribution in [3.63, 3.8) is 0 Å². The minimum Gasteiger partial charge on any atom is -0.492 e. The van der Waals surface area contributed by atoms with Crippen LogP contribution >= 0.6 is 11.8 Å². The number of hydrogen-bond acceptors (Lipinski definition) is 6. The molecule has 1 fully saturated rings. The monoisotopic (exact) mass is 539 g/mol. The molecule has 1 saturated heterocycles. The molecule has 1 N–H and O–H groups in total. The van der Waals surface area contributed by atoms with Crippen LogP contribution in [0.4, 0.5) is 11.4 Å². The van der Waals surface area contributed by atoms with E-state index in [4.69, 9.17) is 4.74 Å². The number of benzene rings is 3. The predicted octanol–water partition coefficient (Wildman–Crippen LogP) is 4.92. The number of ether oxygens (including phenoxy) is 1. The Morgan fingerprint density at radius 1 is 1.00 bits per heavy atom. The first-order valence-corrected chi connectivity index (χ1v) is 15.1. The Bertz CT molecular complexity index is 1290. The summed E-state index contributed by atoms with van der Waals surface area (Å²) in [7, 11) is -4.04. The zero-order chi connectivity index (χ0) is 26.3. The number of rotatable bonds is 11. The van der Waals surface area contributed by atoms with E-state index >= 15 is 0 Å². The summed E-state index contributed by atoms with van der Waals surface area (Å²) in [5.41, 5.74) is 2.46. The standard InChI is InChI=1S/C28H33N3O4S2/c1-3-35-27-9-5-4-8-26(27)31(37(33,34)25-16-14-24(36-2)15-17-25)21-28(32)29-20-22-10-12-23(13-11-22)30-18-6-7-19-30/h4-5,8-17H,3,6-7,18-21H2,1-2H3,(H,29,32). The third-order valence-electron chi connectivity index (χ3n) is 6.27. The van der Waals surface area contributed by atoms with Gasteiger partial charge in [-0.3, -0.25) is 9.10 Å². The number of carbonyl (C=O) groups excluding carboxylic acids is 1. The van der Waals surface area contributed by atoms with E-state index in [1.165, 1.54) is 30.3 Å². The maximum absolute atomic E-state index is 13.7. The lowest BCUT2D eigenvalue weighted by Gasteiger charge is -2.26. The first kappa shape index (κ1) is 26.9. The highest BCUT2D eigenvalue weighted by molar-refractivity contribution is 7.98. The average Bonchev–Trinajstić information content (AvgIpc) is 3.47. The summed E-state index contributed by atoms with van der Waals surface area (Å²) >= 11 is 1.53. The van der Waals surface area contributed by atoms with Crippen LogP contribution in [0.2, 0.25) is 0 Å². The van der Waals surface area contributed by atoms with Crippen LogP contribution in [0.15, 0.2) is 82.6 Å². The number of thioether (sulfide) groups is 1. The summed E-state index contributed by atoms with van der Waals surface area (Å²) in [5.74, 6) is -0.00107. The second-order valence-corrected chi connectivity index (χ2v) is 11.5. The third-order valence-corrected chi connectivity index (χ3v) is 8.78. The van der Waals surface area contributed by atoms with Gasteiger partial charge in [0, 0.05) is 30.2 Å². The molecule has 0 radical (unpaired) electrons. The summed E-state index contributed by atoms with van der Waals surface area (Å²) < 4.78 is 34.3. The molecule has 3 aromatic carbocycles. The molecule has 0 atom stereocenters. The van der Waals surface area contributed by atoms with Crippen LogP contribution in [0.25, 0.3) is 0 Å². The lowest BCUT2D eigenvalue weighted by molar-refractivity contribution is -0.119. The number of carbonyl (C=O) groups is 1. The van der Waals surface area contributed by atoms with Gasteiger partial charge in [0.2, 0.25) is 5.91 Å². The van der Waals surface area contributed by atoms with Gasteiger partial charge in [-0.05, 0) is 80.1 Å². The summed E-state index contributed by atoms with van der Waals surface area (Å²) in [6, 6.07) is 21.7. The highest BCUT2D eigenvalue weighted by Crippen LogP contribution is 2.33. The van der Waals surface area contributed by atoms with Gasteiger partial charge in [0.25, 0.3) is 10.0 Å². The van der Waals surface area contributed by atoms with E-state index in [0.717, 1.165) is 27.9 Å². The Labute approximate surface area is 223 Å². The van der Waals surface area contributed by atoms with Gasteiger partial charge >= 0.3 is 0 Å². The maximum atomic E-state index is 13.7. The zero-order valence-corrected chi connectivity index (χ0v) is 22.9. The number of anilines is 2. The first-order valence-electron chi connectivity index (χ1n) is 12.4. The molecular formula is C28H33N3O4S2. The molecule has 9 heteroatoms. The summed E-state index contributed by atoms with van der Waals surface area (Å²) in [5, 5.41) is 2.88. The van der Waals surface area contributed by atoms with E-state index in [0.29, 0.717) is 24.6 Å². The fraction of sp³-hybridized carbons (Fsp3) is 0.321. The van der Waals surface area contributed by atoms with Gasteiger partial charge in [0.05, 0.1) is 17.2 Å². The van der Waals surface area contributed by atoms with Gasteiger partial charge in [-0.15, -0.1) is 11.8 Å². The molecule has 0 spiro atoms. The van der Waals surface area contributed by atoms with Crippen molar-refractivity contribution in [2.45, 2.75) is 36.1 Å². The molecule has 1 heterocycles. The lowest BCUT2D eigenvalue weighted by atomic mass is 10.2. The van der Waals surface area contributed by atoms with Crippen molar-refractivity contribution in [3.05, 3.63) is 78.4 Å². The second kappa shape index (κ2) is 12.4. The molecule has 7 nitrogen and oxygen atoms in total. The van der Waals surface area contributed by atoms with Crippen LogP contribution in [0.1, 0.15) is 25.3 Å². The maximum Gasteiger partial charge on any atom is 0.264 e. The van der Waals surface area contributed by atoms with Crippen LogP contribution in [-0.4, -0.2) is 46.8 Å². The fourth-order valence-electron chi connectivity index (χ4n) is 4.30. The molecule has 1 aliphatic heterocycles. The smallest absolute Gasteiger partial charge is 0.264 e. The Balaban J connectivity index is 1.53. The normalized spacial score (nSPS) is 13.4.